The number of ether oxygens (including phenoxy) is 2. The van der Waals surface area contributed by atoms with E-state index in [-0.39, 0.29) is 17.7 Å². The number of hydrogen-bond donors (Lipinski definition) is 2. The third kappa shape index (κ3) is 3.39. The third-order valence-electron chi connectivity index (χ3n) is 3.25. The van der Waals surface area contributed by atoms with Crippen LogP contribution in [0.25, 0.3) is 0 Å². The summed E-state index contributed by atoms with van der Waals surface area (Å²) in [5, 5.41) is 0. The Hall–Kier alpha value is -2.50. The van der Waals surface area contributed by atoms with Gasteiger partial charge in [0.25, 0.3) is 0 Å². The highest BCUT2D eigenvalue weighted by Gasteiger charge is 2.15. The van der Waals surface area contributed by atoms with Gasteiger partial charge >= 0.3 is 0 Å². The lowest BCUT2D eigenvalue weighted by molar-refractivity contribution is 0.336. The second-order valence-corrected chi connectivity index (χ2v) is 5.32. The third-order valence-corrected chi connectivity index (χ3v) is 3.25. The Bertz CT molecular complexity index is 671. The average Bonchev–Trinajstić information content (AvgIpc) is 2.44. The molecule has 0 spiro atoms. The molecular formula is C16H22N4O2. The number of aromatic nitrogens is 2. The van der Waals surface area contributed by atoms with E-state index in [2.05, 4.69) is 23.8 Å². The quantitative estimate of drug-likeness (QED) is 0.880. The molecule has 0 saturated carbocycles. The zero-order valence-electron chi connectivity index (χ0n) is 13.4. The molecule has 6 nitrogen and oxygen atoms in total. The van der Waals surface area contributed by atoms with Crippen molar-refractivity contribution in [2.75, 3.05) is 18.1 Å². The van der Waals surface area contributed by atoms with E-state index in [1.165, 1.54) is 6.20 Å². The molecule has 4 N–H and O–H groups in total. The van der Waals surface area contributed by atoms with Gasteiger partial charge in [-0.1, -0.05) is 13.8 Å². The van der Waals surface area contributed by atoms with Crippen LogP contribution in [0.3, 0.4) is 0 Å². The van der Waals surface area contributed by atoms with Crippen molar-refractivity contribution in [2.24, 2.45) is 0 Å². The lowest BCUT2D eigenvalue weighted by atomic mass is 10.00. The van der Waals surface area contributed by atoms with E-state index < -0.39 is 0 Å². The first-order valence-electron chi connectivity index (χ1n) is 7.25. The SMILES string of the molecule is CCOc1cc(C(C)C)c(Oc2cnc(N)nc2N)cc1C. The van der Waals surface area contributed by atoms with E-state index in [1.807, 2.05) is 26.0 Å². The van der Waals surface area contributed by atoms with Crippen molar-refractivity contribution in [3.8, 4) is 17.2 Å². The summed E-state index contributed by atoms with van der Waals surface area (Å²) in [7, 11) is 0. The van der Waals surface area contributed by atoms with Crippen LogP contribution < -0.4 is 20.9 Å². The van der Waals surface area contributed by atoms with Gasteiger partial charge in [0.1, 0.15) is 11.5 Å². The number of nitrogens with zero attached hydrogens (tertiary/aromatic N) is 2. The Morgan fingerprint density at radius 1 is 1.14 bits per heavy atom. The first kappa shape index (κ1) is 15.9. The average molecular weight is 302 g/mol. The molecule has 0 saturated heterocycles. The summed E-state index contributed by atoms with van der Waals surface area (Å²) in [6.07, 6.45) is 1.48. The first-order chi connectivity index (χ1) is 10.4. The van der Waals surface area contributed by atoms with Gasteiger partial charge in [0.05, 0.1) is 12.8 Å². The second kappa shape index (κ2) is 6.51. The summed E-state index contributed by atoms with van der Waals surface area (Å²) in [5.41, 5.74) is 13.4. The molecule has 118 valence electrons. The van der Waals surface area contributed by atoms with E-state index in [0.29, 0.717) is 12.4 Å². The van der Waals surface area contributed by atoms with Crippen molar-refractivity contribution in [3.63, 3.8) is 0 Å². The van der Waals surface area contributed by atoms with Gasteiger partial charge in [-0.05, 0) is 37.5 Å². The fraction of sp³-hybridized carbons (Fsp3) is 0.375. The number of benzene rings is 1. The van der Waals surface area contributed by atoms with Gasteiger partial charge in [-0.15, -0.1) is 0 Å². The summed E-state index contributed by atoms with van der Waals surface area (Å²) in [6, 6.07) is 3.95. The molecule has 2 rings (SSSR count). The van der Waals surface area contributed by atoms with Crippen LogP contribution in [0.5, 0.6) is 17.2 Å². The van der Waals surface area contributed by atoms with Gasteiger partial charge in [-0.25, -0.2) is 4.98 Å². The summed E-state index contributed by atoms with van der Waals surface area (Å²) in [5.74, 6) is 2.58. The molecule has 0 radical (unpaired) electrons. The number of rotatable bonds is 5. The van der Waals surface area contributed by atoms with Crippen LogP contribution in [-0.4, -0.2) is 16.6 Å². The first-order valence-corrected chi connectivity index (χ1v) is 7.25. The minimum atomic E-state index is 0.122. The number of hydrogen-bond acceptors (Lipinski definition) is 6. The molecule has 0 aliphatic carbocycles. The Balaban J connectivity index is 2.43. The zero-order valence-corrected chi connectivity index (χ0v) is 13.4. The molecule has 6 heteroatoms. The predicted molar refractivity (Wildman–Crippen MR) is 87.4 cm³/mol. The Morgan fingerprint density at radius 3 is 2.45 bits per heavy atom. The molecule has 0 bridgehead atoms. The van der Waals surface area contributed by atoms with E-state index in [1.54, 1.807) is 0 Å². The summed E-state index contributed by atoms with van der Waals surface area (Å²) >= 11 is 0. The van der Waals surface area contributed by atoms with Crippen LogP contribution in [-0.2, 0) is 0 Å². The van der Waals surface area contributed by atoms with Crippen LogP contribution in [0.4, 0.5) is 11.8 Å². The van der Waals surface area contributed by atoms with Crippen molar-refractivity contribution in [1.82, 2.24) is 9.97 Å². The molecule has 0 amide bonds. The van der Waals surface area contributed by atoms with Crippen molar-refractivity contribution in [2.45, 2.75) is 33.6 Å². The second-order valence-electron chi connectivity index (χ2n) is 5.32. The monoisotopic (exact) mass is 302 g/mol. The molecule has 0 aliphatic rings. The van der Waals surface area contributed by atoms with Crippen LogP contribution in [0.15, 0.2) is 18.3 Å². The van der Waals surface area contributed by atoms with Crippen LogP contribution >= 0.6 is 0 Å². The molecular weight excluding hydrogens is 280 g/mol. The zero-order chi connectivity index (χ0) is 16.3. The molecule has 1 aromatic carbocycles. The van der Waals surface area contributed by atoms with Crippen molar-refractivity contribution in [3.05, 3.63) is 29.5 Å². The largest absolute Gasteiger partial charge is 0.494 e. The maximum absolute atomic E-state index is 5.91. The summed E-state index contributed by atoms with van der Waals surface area (Å²) in [4.78, 5) is 7.83. The molecule has 22 heavy (non-hydrogen) atoms. The van der Waals surface area contributed by atoms with E-state index >= 15 is 0 Å². The molecule has 0 atom stereocenters. The van der Waals surface area contributed by atoms with Crippen molar-refractivity contribution < 1.29 is 9.47 Å². The maximum atomic E-state index is 5.91. The van der Waals surface area contributed by atoms with E-state index in [9.17, 15) is 0 Å². The number of aryl methyl sites for hydroxylation is 1. The Kier molecular flexibility index (Phi) is 4.70. The molecule has 1 heterocycles. The van der Waals surface area contributed by atoms with E-state index in [0.717, 1.165) is 22.6 Å². The smallest absolute Gasteiger partial charge is 0.222 e. The van der Waals surface area contributed by atoms with Gasteiger partial charge < -0.3 is 20.9 Å². The van der Waals surface area contributed by atoms with Gasteiger partial charge in [0.2, 0.25) is 5.95 Å². The Morgan fingerprint density at radius 2 is 1.86 bits per heavy atom. The summed E-state index contributed by atoms with van der Waals surface area (Å²) in [6.45, 7) is 8.75. The summed E-state index contributed by atoms with van der Waals surface area (Å²) < 4.78 is 11.6. The van der Waals surface area contributed by atoms with Gasteiger partial charge in [-0.3, -0.25) is 0 Å². The lowest BCUT2D eigenvalue weighted by Gasteiger charge is -2.18. The maximum Gasteiger partial charge on any atom is 0.222 e. The lowest BCUT2D eigenvalue weighted by Crippen LogP contribution is -2.03. The molecule has 0 fully saturated rings. The van der Waals surface area contributed by atoms with Gasteiger partial charge in [0.15, 0.2) is 11.6 Å². The van der Waals surface area contributed by atoms with Crippen LogP contribution in [0, 0.1) is 6.92 Å². The topological polar surface area (TPSA) is 96.3 Å². The fourth-order valence-corrected chi connectivity index (χ4v) is 2.12. The standard InChI is InChI=1S/C16H22N4O2/c1-5-21-12-7-11(9(2)3)13(6-10(12)4)22-14-8-19-16(18)20-15(14)17/h6-9H,5H2,1-4H3,(H4,17,18,19,20). The van der Waals surface area contributed by atoms with Crippen LogP contribution in [0.2, 0.25) is 0 Å². The predicted octanol–water partition coefficient (Wildman–Crippen LogP) is 3.26. The van der Waals surface area contributed by atoms with Crippen molar-refractivity contribution >= 4 is 11.8 Å². The minimum Gasteiger partial charge on any atom is -0.494 e. The molecule has 0 unspecified atom stereocenters. The van der Waals surface area contributed by atoms with E-state index in [4.69, 9.17) is 20.9 Å². The highest BCUT2D eigenvalue weighted by Crippen LogP contribution is 2.37. The Labute approximate surface area is 130 Å². The molecule has 1 aromatic heterocycles. The highest BCUT2D eigenvalue weighted by molar-refractivity contribution is 5.53. The molecule has 2 aromatic rings. The van der Waals surface area contributed by atoms with Crippen LogP contribution in [0.1, 0.15) is 37.8 Å². The number of nitrogens with two attached hydrogens (primary N) is 2. The molecule has 0 aliphatic heterocycles. The van der Waals surface area contributed by atoms with Crippen molar-refractivity contribution in [1.29, 1.82) is 0 Å². The van der Waals surface area contributed by atoms with Gasteiger partial charge in [0, 0.05) is 5.56 Å². The fourth-order valence-electron chi connectivity index (χ4n) is 2.12. The normalized spacial score (nSPS) is 10.8. The minimum absolute atomic E-state index is 0.122. The number of anilines is 2. The highest BCUT2D eigenvalue weighted by atomic mass is 16.5. The number of nitrogen functional groups attached to an aromatic ring is 2. The van der Waals surface area contributed by atoms with Gasteiger partial charge in [-0.2, -0.15) is 4.98 Å².